The van der Waals surface area contributed by atoms with Gasteiger partial charge in [0, 0.05) is 34.6 Å². The van der Waals surface area contributed by atoms with Crippen molar-refractivity contribution >= 4 is 34.2 Å². The van der Waals surface area contributed by atoms with E-state index in [1.54, 1.807) is 53.1 Å². The number of alkyl halides is 1. The number of hydrogen-bond acceptors (Lipinski definition) is 6. The van der Waals surface area contributed by atoms with E-state index >= 15 is 4.39 Å². The molecule has 0 bridgehead atoms. The zero-order valence-corrected chi connectivity index (χ0v) is 24.2. The number of nitrogens with two attached hydrogens (primary N) is 1. The van der Waals surface area contributed by atoms with Crippen LogP contribution in [-0.2, 0) is 16.1 Å². The highest BCUT2D eigenvalue weighted by atomic mass is 19.1. The van der Waals surface area contributed by atoms with Gasteiger partial charge in [0.25, 0.3) is 5.91 Å². The number of rotatable bonds is 9. The number of amides is 2. The van der Waals surface area contributed by atoms with Crippen LogP contribution in [0.5, 0.6) is 11.5 Å². The van der Waals surface area contributed by atoms with Crippen molar-refractivity contribution in [3.05, 3.63) is 102 Å². The summed E-state index contributed by atoms with van der Waals surface area (Å²) < 4.78 is 37.6. The molecule has 0 spiro atoms. The van der Waals surface area contributed by atoms with E-state index in [1.807, 2.05) is 19.1 Å². The molecule has 2 aromatic heterocycles. The van der Waals surface area contributed by atoms with Crippen LogP contribution in [0, 0.1) is 24.6 Å². The zero-order valence-electron chi connectivity index (χ0n) is 24.2. The molecule has 228 valence electrons. The predicted molar refractivity (Wildman–Crippen MR) is 164 cm³/mol. The number of benzene rings is 3. The van der Waals surface area contributed by atoms with E-state index < -0.39 is 35.6 Å². The largest absolute Gasteiger partial charge is 0.456 e. The molecule has 3 N–H and O–H groups in total. The standard InChI is InChI=1S/C34H29F2N5O4/c1-19-5-2-3-6-23(19)24-7-4-8-29(32(24)36)40-34(44)27-14-20(35)13-26(27)31(42)18-41-17-28(33(37)43)25-15-21(9-10-30(25)41)45-22-11-12-38-39-16-22/h2-12,15-17,20,26-27H,13-14,18H2,1H3,(H2,37,43)(H,40,44)/t20-,26?,27+/m0/s1. The molecule has 9 nitrogen and oxygen atoms in total. The summed E-state index contributed by atoms with van der Waals surface area (Å²) in [7, 11) is 0. The molecule has 5 aromatic rings. The van der Waals surface area contributed by atoms with Gasteiger partial charge in [-0.1, -0.05) is 36.4 Å². The second kappa shape index (κ2) is 12.3. The Kier molecular flexibility index (Phi) is 8.08. The second-order valence-electron chi connectivity index (χ2n) is 11.1. The molecule has 3 atom stereocenters. The number of primary amides is 1. The summed E-state index contributed by atoms with van der Waals surface area (Å²) in [5.41, 5.74) is 8.18. The van der Waals surface area contributed by atoms with E-state index in [4.69, 9.17) is 10.5 Å². The number of aryl methyl sites for hydroxylation is 1. The fourth-order valence-electron chi connectivity index (χ4n) is 5.99. The Morgan fingerprint density at radius 2 is 1.76 bits per heavy atom. The van der Waals surface area contributed by atoms with Crippen LogP contribution >= 0.6 is 0 Å². The quantitative estimate of drug-likeness (QED) is 0.211. The molecular formula is C34H29F2N5O4. The van der Waals surface area contributed by atoms with Crippen molar-refractivity contribution in [2.45, 2.75) is 32.5 Å². The lowest BCUT2D eigenvalue weighted by Crippen LogP contribution is -2.32. The number of halogens is 2. The van der Waals surface area contributed by atoms with Crippen molar-refractivity contribution in [2.24, 2.45) is 17.6 Å². The maximum Gasteiger partial charge on any atom is 0.250 e. The number of carbonyl (C=O) groups excluding carboxylic acids is 3. The first kappa shape index (κ1) is 29.6. The molecule has 2 heterocycles. The van der Waals surface area contributed by atoms with Crippen molar-refractivity contribution in [3.8, 4) is 22.6 Å². The second-order valence-corrected chi connectivity index (χ2v) is 11.1. The van der Waals surface area contributed by atoms with E-state index in [9.17, 15) is 18.8 Å². The van der Waals surface area contributed by atoms with Gasteiger partial charge in [0.1, 0.15) is 17.7 Å². The topological polar surface area (TPSA) is 129 Å². The molecular weight excluding hydrogens is 580 g/mol. The number of carbonyl (C=O) groups is 3. The van der Waals surface area contributed by atoms with Crippen molar-refractivity contribution in [1.82, 2.24) is 14.8 Å². The lowest BCUT2D eigenvalue weighted by Gasteiger charge is -2.19. The molecule has 3 aromatic carbocycles. The van der Waals surface area contributed by atoms with E-state index in [1.165, 1.54) is 24.7 Å². The Hall–Kier alpha value is -5.45. The molecule has 2 amide bonds. The van der Waals surface area contributed by atoms with Crippen molar-refractivity contribution in [3.63, 3.8) is 0 Å². The average molecular weight is 610 g/mol. The number of nitrogens with zero attached hydrogens (tertiary/aromatic N) is 3. The van der Waals surface area contributed by atoms with Gasteiger partial charge in [-0.25, -0.2) is 8.78 Å². The number of anilines is 1. The number of ketones is 1. The minimum Gasteiger partial charge on any atom is -0.456 e. The first-order chi connectivity index (χ1) is 21.7. The molecule has 45 heavy (non-hydrogen) atoms. The van der Waals surface area contributed by atoms with Crippen LogP contribution in [0.3, 0.4) is 0 Å². The molecule has 0 saturated heterocycles. The lowest BCUT2D eigenvalue weighted by atomic mass is 9.90. The summed E-state index contributed by atoms with van der Waals surface area (Å²) in [5, 5.41) is 10.5. The number of hydrogen-bond donors (Lipinski definition) is 2. The molecule has 1 fully saturated rings. The molecule has 1 aliphatic rings. The van der Waals surface area contributed by atoms with Crippen LogP contribution in [0.15, 0.2) is 85.3 Å². The zero-order chi connectivity index (χ0) is 31.7. The molecule has 1 unspecified atom stereocenters. The number of fused-ring (bicyclic) bond motifs is 1. The van der Waals surface area contributed by atoms with E-state index in [0.717, 1.165) is 5.56 Å². The highest BCUT2D eigenvalue weighted by molar-refractivity contribution is 6.07. The molecule has 6 rings (SSSR count). The van der Waals surface area contributed by atoms with Crippen LogP contribution in [0.1, 0.15) is 28.8 Å². The fraction of sp³-hybridized carbons (Fsp3) is 0.206. The Morgan fingerprint density at radius 3 is 2.51 bits per heavy atom. The number of Topliss-reactive ketones (excluding diaryl/α,β-unsaturated/α-hetero) is 1. The van der Waals surface area contributed by atoms with Gasteiger partial charge in [0.15, 0.2) is 11.6 Å². The lowest BCUT2D eigenvalue weighted by molar-refractivity contribution is -0.130. The van der Waals surface area contributed by atoms with Crippen molar-refractivity contribution < 1.29 is 27.9 Å². The monoisotopic (exact) mass is 609 g/mol. The molecule has 1 aliphatic carbocycles. The van der Waals surface area contributed by atoms with Crippen LogP contribution in [0.4, 0.5) is 14.5 Å². The summed E-state index contributed by atoms with van der Waals surface area (Å²) >= 11 is 0. The summed E-state index contributed by atoms with van der Waals surface area (Å²) in [6.07, 6.45) is 2.70. The van der Waals surface area contributed by atoms with Crippen LogP contribution in [-0.4, -0.2) is 38.5 Å². The predicted octanol–water partition coefficient (Wildman–Crippen LogP) is 6.01. The Balaban J connectivity index is 1.23. The van der Waals surface area contributed by atoms with Gasteiger partial charge in [-0.15, -0.1) is 0 Å². The molecule has 0 radical (unpaired) electrons. The SMILES string of the molecule is Cc1ccccc1-c1cccc(NC(=O)[C@@H]2C[C@@H](F)CC2C(=O)Cn2cc(C(N)=O)c3cc(Oc4ccnnc4)ccc32)c1F. The Morgan fingerprint density at radius 1 is 0.978 bits per heavy atom. The average Bonchev–Trinajstić information content (AvgIpc) is 3.59. The fourth-order valence-corrected chi connectivity index (χ4v) is 5.99. The van der Waals surface area contributed by atoms with Gasteiger partial charge in [-0.2, -0.15) is 10.2 Å². The van der Waals surface area contributed by atoms with Crippen LogP contribution < -0.4 is 15.8 Å². The summed E-state index contributed by atoms with van der Waals surface area (Å²) in [6, 6.07) is 18.6. The normalized spacial score (nSPS) is 17.7. The highest BCUT2D eigenvalue weighted by Crippen LogP contribution is 2.38. The minimum absolute atomic E-state index is 0.0441. The molecule has 11 heteroatoms. The van der Waals surface area contributed by atoms with Gasteiger partial charge < -0.3 is 20.4 Å². The van der Waals surface area contributed by atoms with E-state index in [0.29, 0.717) is 33.5 Å². The number of ether oxygens (including phenoxy) is 1. The number of aromatic nitrogens is 3. The van der Waals surface area contributed by atoms with Crippen molar-refractivity contribution in [1.29, 1.82) is 0 Å². The first-order valence-corrected chi connectivity index (χ1v) is 14.4. The summed E-state index contributed by atoms with van der Waals surface area (Å²) in [6.45, 7) is 1.64. The Labute approximate surface area is 257 Å². The first-order valence-electron chi connectivity index (χ1n) is 14.4. The molecule has 1 saturated carbocycles. The molecule has 0 aliphatic heterocycles. The highest BCUT2D eigenvalue weighted by Gasteiger charge is 2.43. The number of nitrogens with one attached hydrogen (secondary N) is 1. The third-order valence-electron chi connectivity index (χ3n) is 8.18. The summed E-state index contributed by atoms with van der Waals surface area (Å²) in [5.74, 6) is -3.43. The van der Waals surface area contributed by atoms with E-state index in [2.05, 4.69) is 15.5 Å². The smallest absolute Gasteiger partial charge is 0.250 e. The maximum absolute atomic E-state index is 15.6. The third-order valence-corrected chi connectivity index (χ3v) is 8.18. The maximum atomic E-state index is 15.6. The minimum atomic E-state index is -1.37. The van der Waals surface area contributed by atoms with Gasteiger partial charge >= 0.3 is 0 Å². The Bertz CT molecular complexity index is 1930. The van der Waals surface area contributed by atoms with E-state index in [-0.39, 0.29) is 36.4 Å². The van der Waals surface area contributed by atoms with Gasteiger partial charge in [-0.3, -0.25) is 14.4 Å². The van der Waals surface area contributed by atoms with Gasteiger partial charge in [0.2, 0.25) is 5.91 Å². The van der Waals surface area contributed by atoms with Crippen LogP contribution in [0.2, 0.25) is 0 Å². The van der Waals surface area contributed by atoms with Gasteiger partial charge in [-0.05, 0) is 55.2 Å². The van der Waals surface area contributed by atoms with Gasteiger partial charge in [0.05, 0.1) is 36.1 Å². The summed E-state index contributed by atoms with van der Waals surface area (Å²) in [4.78, 5) is 39.3. The van der Waals surface area contributed by atoms with Crippen LogP contribution in [0.25, 0.3) is 22.0 Å². The third kappa shape index (κ3) is 6.01. The van der Waals surface area contributed by atoms with Crippen molar-refractivity contribution in [2.75, 3.05) is 5.32 Å².